The Labute approximate surface area is 166 Å². The van der Waals surface area contributed by atoms with Gasteiger partial charge in [-0.15, -0.1) is 0 Å². The van der Waals surface area contributed by atoms with Crippen LogP contribution in [0.25, 0.3) is 11.4 Å². The summed E-state index contributed by atoms with van der Waals surface area (Å²) in [6, 6.07) is 10.3. The third-order valence-corrected chi connectivity index (χ3v) is 5.81. The summed E-state index contributed by atoms with van der Waals surface area (Å²) in [5.74, 6) is 1.56. The Morgan fingerprint density at radius 2 is 1.82 bits per heavy atom. The van der Waals surface area contributed by atoms with Gasteiger partial charge in [0.1, 0.15) is 0 Å². The van der Waals surface area contributed by atoms with E-state index >= 15 is 0 Å². The van der Waals surface area contributed by atoms with Crippen LogP contribution in [0.2, 0.25) is 0 Å². The molecule has 2 saturated heterocycles. The van der Waals surface area contributed by atoms with E-state index in [1.807, 2.05) is 30.3 Å². The number of carbonyl (C=O) groups excluding carboxylic acids is 1. The first-order chi connectivity index (χ1) is 13.7. The third-order valence-electron chi connectivity index (χ3n) is 5.81. The smallest absolute Gasteiger partial charge is 0.241 e. The molecule has 1 aromatic heterocycles. The molecular weight excluding hydrogens is 354 g/mol. The number of amides is 1. The molecule has 0 bridgehead atoms. The first-order valence-corrected chi connectivity index (χ1v) is 10.3. The van der Waals surface area contributed by atoms with E-state index < -0.39 is 0 Å². The van der Waals surface area contributed by atoms with E-state index in [0.29, 0.717) is 30.8 Å². The minimum absolute atomic E-state index is 0.282. The molecule has 2 aliphatic rings. The number of hydrogen-bond acceptors (Lipinski definition) is 6. The van der Waals surface area contributed by atoms with Gasteiger partial charge in [0, 0.05) is 44.3 Å². The molecule has 0 unspecified atom stereocenters. The molecule has 1 atom stereocenters. The lowest BCUT2D eigenvalue weighted by Crippen LogP contribution is -2.51. The summed E-state index contributed by atoms with van der Waals surface area (Å²) in [6.45, 7) is 7.89. The summed E-state index contributed by atoms with van der Waals surface area (Å²) in [5.41, 5.74) is 0.966. The first-order valence-electron chi connectivity index (χ1n) is 10.3. The van der Waals surface area contributed by atoms with E-state index in [9.17, 15) is 4.79 Å². The molecule has 0 N–H and O–H groups in total. The number of piperidine rings is 1. The van der Waals surface area contributed by atoms with Crippen LogP contribution < -0.4 is 0 Å². The molecule has 7 nitrogen and oxygen atoms in total. The van der Waals surface area contributed by atoms with Crippen LogP contribution in [0.5, 0.6) is 0 Å². The van der Waals surface area contributed by atoms with Gasteiger partial charge in [-0.1, -0.05) is 35.5 Å². The summed E-state index contributed by atoms with van der Waals surface area (Å²) in [5, 5.41) is 4.09. The van der Waals surface area contributed by atoms with E-state index in [4.69, 9.17) is 4.52 Å². The average Bonchev–Trinajstić information content (AvgIpc) is 3.19. The number of likely N-dealkylation sites (tertiary alicyclic amines) is 1. The molecule has 0 saturated carbocycles. The van der Waals surface area contributed by atoms with Crippen molar-refractivity contribution in [1.82, 2.24) is 24.8 Å². The highest BCUT2D eigenvalue weighted by atomic mass is 16.5. The molecule has 28 heavy (non-hydrogen) atoms. The van der Waals surface area contributed by atoms with Crippen molar-refractivity contribution >= 4 is 5.91 Å². The predicted molar refractivity (Wildman–Crippen MR) is 106 cm³/mol. The number of piperazine rings is 1. The van der Waals surface area contributed by atoms with Crippen molar-refractivity contribution in [3.05, 3.63) is 36.2 Å². The van der Waals surface area contributed by atoms with Crippen molar-refractivity contribution in [1.29, 1.82) is 0 Å². The Morgan fingerprint density at radius 3 is 2.57 bits per heavy atom. The lowest BCUT2D eigenvalue weighted by molar-refractivity contribution is -0.136. The van der Waals surface area contributed by atoms with Gasteiger partial charge in [0.15, 0.2) is 0 Å². The van der Waals surface area contributed by atoms with Crippen LogP contribution in [-0.2, 0) is 11.3 Å². The van der Waals surface area contributed by atoms with Gasteiger partial charge in [0.05, 0.1) is 13.1 Å². The second-order valence-electron chi connectivity index (χ2n) is 7.86. The fourth-order valence-corrected chi connectivity index (χ4v) is 4.07. The molecule has 7 heteroatoms. The molecule has 4 rings (SSSR count). The van der Waals surface area contributed by atoms with Crippen LogP contribution in [0.4, 0.5) is 0 Å². The summed E-state index contributed by atoms with van der Waals surface area (Å²) in [7, 11) is 0. The zero-order valence-electron chi connectivity index (χ0n) is 16.6. The Balaban J connectivity index is 1.24. The maximum absolute atomic E-state index is 12.6. The highest BCUT2D eigenvalue weighted by molar-refractivity contribution is 5.78. The summed E-state index contributed by atoms with van der Waals surface area (Å²) < 4.78 is 5.43. The van der Waals surface area contributed by atoms with Gasteiger partial charge in [-0.25, -0.2) is 0 Å². The van der Waals surface area contributed by atoms with Gasteiger partial charge >= 0.3 is 0 Å². The van der Waals surface area contributed by atoms with Gasteiger partial charge in [-0.3, -0.25) is 14.6 Å². The standard InChI is InChI=1S/C21H29N5O2/c1-17-7-5-6-10-26(17)20(27)16-25-13-11-24(12-14-25)15-19-22-21(23-28-19)18-8-3-2-4-9-18/h2-4,8-9,17H,5-7,10-16H2,1H3/t17-/m0/s1. The topological polar surface area (TPSA) is 65.7 Å². The Morgan fingerprint density at radius 1 is 1.07 bits per heavy atom. The zero-order valence-corrected chi connectivity index (χ0v) is 16.6. The highest BCUT2D eigenvalue weighted by Crippen LogP contribution is 2.18. The molecule has 0 radical (unpaired) electrons. The van der Waals surface area contributed by atoms with Crippen molar-refractivity contribution in [3.8, 4) is 11.4 Å². The van der Waals surface area contributed by atoms with Crippen LogP contribution >= 0.6 is 0 Å². The normalized spacial score (nSPS) is 21.8. The van der Waals surface area contributed by atoms with E-state index in [1.165, 1.54) is 6.42 Å². The van der Waals surface area contributed by atoms with E-state index in [0.717, 1.165) is 51.1 Å². The number of aromatic nitrogens is 2. The molecule has 2 fully saturated rings. The maximum atomic E-state index is 12.6. The van der Waals surface area contributed by atoms with Crippen molar-refractivity contribution in [2.24, 2.45) is 0 Å². The minimum atomic E-state index is 0.282. The monoisotopic (exact) mass is 383 g/mol. The van der Waals surface area contributed by atoms with Crippen molar-refractivity contribution in [2.45, 2.75) is 38.8 Å². The highest BCUT2D eigenvalue weighted by Gasteiger charge is 2.26. The fourth-order valence-electron chi connectivity index (χ4n) is 4.07. The van der Waals surface area contributed by atoms with E-state index in [2.05, 4.69) is 31.8 Å². The predicted octanol–water partition coefficient (Wildman–Crippen LogP) is 2.26. The van der Waals surface area contributed by atoms with Crippen LogP contribution in [0.1, 0.15) is 32.1 Å². The number of carbonyl (C=O) groups is 1. The maximum Gasteiger partial charge on any atom is 0.241 e. The van der Waals surface area contributed by atoms with Gasteiger partial charge in [0.2, 0.25) is 17.6 Å². The molecule has 150 valence electrons. The molecule has 0 spiro atoms. The Hall–Kier alpha value is -2.25. The summed E-state index contributed by atoms with van der Waals surface area (Å²) in [6.07, 6.45) is 3.51. The van der Waals surface area contributed by atoms with Gasteiger partial charge in [-0.05, 0) is 26.2 Å². The zero-order chi connectivity index (χ0) is 19.3. The van der Waals surface area contributed by atoms with Crippen molar-refractivity contribution in [3.63, 3.8) is 0 Å². The summed E-state index contributed by atoms with van der Waals surface area (Å²) in [4.78, 5) is 23.8. The lowest BCUT2D eigenvalue weighted by atomic mass is 10.0. The fraction of sp³-hybridized carbons (Fsp3) is 0.571. The van der Waals surface area contributed by atoms with Crippen molar-refractivity contribution < 1.29 is 9.32 Å². The quantitative estimate of drug-likeness (QED) is 0.789. The van der Waals surface area contributed by atoms with Gasteiger partial charge < -0.3 is 9.42 Å². The molecule has 0 aliphatic carbocycles. The number of benzene rings is 1. The second-order valence-corrected chi connectivity index (χ2v) is 7.86. The lowest BCUT2D eigenvalue weighted by Gasteiger charge is -2.37. The summed E-state index contributed by atoms with van der Waals surface area (Å²) >= 11 is 0. The SMILES string of the molecule is C[C@H]1CCCCN1C(=O)CN1CCN(Cc2nc(-c3ccccc3)no2)CC1. The Kier molecular flexibility index (Phi) is 6.02. The van der Waals surface area contributed by atoms with Crippen molar-refractivity contribution in [2.75, 3.05) is 39.3 Å². The second kappa shape index (κ2) is 8.84. The van der Waals surface area contributed by atoms with Crippen LogP contribution in [0, 0.1) is 0 Å². The average molecular weight is 383 g/mol. The molecular formula is C21H29N5O2. The number of rotatable bonds is 5. The molecule has 2 aromatic rings. The Bertz CT molecular complexity index is 770. The number of hydrogen-bond donors (Lipinski definition) is 0. The molecule has 1 amide bonds. The molecule has 2 aliphatic heterocycles. The van der Waals surface area contributed by atoms with E-state index in [1.54, 1.807) is 0 Å². The van der Waals surface area contributed by atoms with Crippen LogP contribution in [-0.4, -0.2) is 76.1 Å². The van der Waals surface area contributed by atoms with Crippen LogP contribution in [0.3, 0.4) is 0 Å². The first kappa shape index (κ1) is 19.1. The minimum Gasteiger partial charge on any atom is -0.339 e. The van der Waals surface area contributed by atoms with Crippen LogP contribution in [0.15, 0.2) is 34.9 Å². The van der Waals surface area contributed by atoms with Gasteiger partial charge in [0.25, 0.3) is 0 Å². The van der Waals surface area contributed by atoms with E-state index in [-0.39, 0.29) is 5.91 Å². The molecule has 3 heterocycles. The third kappa shape index (κ3) is 4.59. The molecule has 1 aromatic carbocycles. The number of nitrogens with zero attached hydrogens (tertiary/aromatic N) is 5. The largest absolute Gasteiger partial charge is 0.339 e. The van der Waals surface area contributed by atoms with Gasteiger partial charge in [-0.2, -0.15) is 4.98 Å².